The predicted molar refractivity (Wildman–Crippen MR) is 54.7 cm³/mol. The van der Waals surface area contributed by atoms with E-state index in [4.69, 9.17) is 5.11 Å². The van der Waals surface area contributed by atoms with Crippen LogP contribution in [-0.4, -0.2) is 29.8 Å². The van der Waals surface area contributed by atoms with Crippen molar-refractivity contribution in [1.29, 1.82) is 0 Å². The topological polar surface area (TPSA) is 49.3 Å². The first-order valence-electron chi connectivity index (χ1n) is 4.79. The number of hydrogen-bond acceptors (Lipinski definition) is 2. The molecule has 1 rings (SSSR count). The minimum atomic E-state index is -0.835. The summed E-state index contributed by atoms with van der Waals surface area (Å²) in [5.74, 6) is -0.835. The Morgan fingerprint density at radius 1 is 1.43 bits per heavy atom. The molecule has 14 heavy (non-hydrogen) atoms. The van der Waals surface area contributed by atoms with Gasteiger partial charge in [0, 0.05) is 12.6 Å². The molecule has 1 aliphatic rings. The van der Waals surface area contributed by atoms with Crippen LogP contribution >= 0.6 is 12.4 Å². The van der Waals surface area contributed by atoms with Crippen molar-refractivity contribution in [1.82, 2.24) is 5.32 Å². The number of nitrogens with one attached hydrogen (secondary N) is 1. The molecule has 0 aromatic rings. The Bertz CT molecular complexity index is 180. The van der Waals surface area contributed by atoms with Crippen molar-refractivity contribution in [3.05, 3.63) is 0 Å². The average molecular weight is 226 g/mol. The molecule has 0 aromatic heterocycles. The van der Waals surface area contributed by atoms with E-state index in [-0.39, 0.29) is 24.9 Å². The molecule has 0 radical (unpaired) electrons. The van der Waals surface area contributed by atoms with Gasteiger partial charge in [-0.3, -0.25) is 4.79 Å². The quantitative estimate of drug-likeness (QED) is 0.767. The maximum Gasteiger partial charge on any atom is 0.304 e. The summed E-state index contributed by atoms with van der Waals surface area (Å²) in [6, 6.07) is -0.118. The summed E-state index contributed by atoms with van der Waals surface area (Å²) in [7, 11) is 0. The van der Waals surface area contributed by atoms with E-state index in [0.717, 1.165) is 19.3 Å². The van der Waals surface area contributed by atoms with E-state index < -0.39 is 12.1 Å². The van der Waals surface area contributed by atoms with E-state index in [1.807, 2.05) is 0 Å². The predicted octanol–water partition coefficient (Wildman–Crippen LogP) is 1.75. The lowest BCUT2D eigenvalue weighted by atomic mass is 9.93. The Morgan fingerprint density at radius 2 is 2.07 bits per heavy atom. The second-order valence-electron chi connectivity index (χ2n) is 3.50. The molecule has 0 amide bonds. The zero-order chi connectivity index (χ0) is 9.68. The lowest BCUT2D eigenvalue weighted by Crippen LogP contribution is -2.40. The van der Waals surface area contributed by atoms with Crippen molar-refractivity contribution in [3.8, 4) is 0 Å². The van der Waals surface area contributed by atoms with Crippen LogP contribution in [-0.2, 0) is 4.79 Å². The van der Waals surface area contributed by atoms with Gasteiger partial charge in [-0.1, -0.05) is 12.8 Å². The largest absolute Gasteiger partial charge is 0.481 e. The lowest BCUT2D eigenvalue weighted by Gasteiger charge is -2.26. The maximum atomic E-state index is 13.2. The number of aliphatic carboxylic acids is 1. The molecule has 1 fully saturated rings. The fourth-order valence-corrected chi connectivity index (χ4v) is 1.68. The molecular formula is C9H17ClFNO2. The molecule has 0 bridgehead atoms. The van der Waals surface area contributed by atoms with Crippen LogP contribution in [0.2, 0.25) is 0 Å². The number of carbonyl (C=O) groups is 1. The molecule has 1 aliphatic carbocycles. The van der Waals surface area contributed by atoms with Crippen LogP contribution in [0.15, 0.2) is 0 Å². The summed E-state index contributed by atoms with van der Waals surface area (Å²) in [5, 5.41) is 11.3. The van der Waals surface area contributed by atoms with E-state index in [9.17, 15) is 9.18 Å². The van der Waals surface area contributed by atoms with Crippen LogP contribution in [0.4, 0.5) is 4.39 Å². The summed E-state index contributed by atoms with van der Waals surface area (Å²) in [6.07, 6.45) is 2.74. The highest BCUT2D eigenvalue weighted by Gasteiger charge is 2.23. The molecule has 84 valence electrons. The van der Waals surface area contributed by atoms with Crippen molar-refractivity contribution in [2.24, 2.45) is 0 Å². The van der Waals surface area contributed by atoms with Crippen LogP contribution in [0, 0.1) is 0 Å². The van der Waals surface area contributed by atoms with E-state index >= 15 is 0 Å². The van der Waals surface area contributed by atoms with Crippen LogP contribution < -0.4 is 5.32 Å². The van der Waals surface area contributed by atoms with Gasteiger partial charge in [0.15, 0.2) is 0 Å². The Kier molecular flexibility index (Phi) is 6.83. The van der Waals surface area contributed by atoms with Crippen molar-refractivity contribution in [2.75, 3.05) is 6.54 Å². The molecule has 2 N–H and O–H groups in total. The maximum absolute atomic E-state index is 13.2. The average Bonchev–Trinajstić information content (AvgIpc) is 2.08. The van der Waals surface area contributed by atoms with Gasteiger partial charge in [-0.2, -0.15) is 0 Å². The fourth-order valence-electron chi connectivity index (χ4n) is 1.68. The number of carboxylic acids is 1. The van der Waals surface area contributed by atoms with E-state index in [1.165, 1.54) is 0 Å². The SMILES string of the molecule is Cl.O=C(O)CCN[C@@H]1CCCC[C@H]1F. The first kappa shape index (κ1) is 13.7. The second-order valence-corrected chi connectivity index (χ2v) is 3.50. The third-order valence-corrected chi connectivity index (χ3v) is 2.43. The lowest BCUT2D eigenvalue weighted by molar-refractivity contribution is -0.136. The smallest absolute Gasteiger partial charge is 0.304 e. The van der Waals surface area contributed by atoms with Gasteiger partial charge < -0.3 is 10.4 Å². The molecule has 5 heteroatoms. The molecule has 0 unspecified atom stereocenters. The zero-order valence-electron chi connectivity index (χ0n) is 8.04. The highest BCUT2D eigenvalue weighted by Crippen LogP contribution is 2.20. The number of rotatable bonds is 4. The van der Waals surface area contributed by atoms with Gasteiger partial charge in [0.05, 0.1) is 6.42 Å². The summed E-state index contributed by atoms with van der Waals surface area (Å²) in [4.78, 5) is 10.2. The summed E-state index contributed by atoms with van der Waals surface area (Å²) < 4.78 is 13.2. The van der Waals surface area contributed by atoms with Gasteiger partial charge in [0.2, 0.25) is 0 Å². The van der Waals surface area contributed by atoms with Gasteiger partial charge in [-0.25, -0.2) is 4.39 Å². The van der Waals surface area contributed by atoms with Crippen LogP contribution in [0.1, 0.15) is 32.1 Å². The van der Waals surface area contributed by atoms with Gasteiger partial charge in [-0.15, -0.1) is 12.4 Å². The van der Waals surface area contributed by atoms with Crippen molar-refractivity contribution in [3.63, 3.8) is 0 Å². The second kappa shape index (κ2) is 7.01. The van der Waals surface area contributed by atoms with Crippen LogP contribution in [0.3, 0.4) is 0 Å². The van der Waals surface area contributed by atoms with Crippen molar-refractivity contribution < 1.29 is 14.3 Å². The molecule has 0 saturated heterocycles. The van der Waals surface area contributed by atoms with Crippen LogP contribution in [0.25, 0.3) is 0 Å². The summed E-state index contributed by atoms with van der Waals surface area (Å²) >= 11 is 0. The standard InChI is InChI=1S/C9H16FNO2.ClH/c10-7-3-1-2-4-8(7)11-6-5-9(12)13;/h7-8,11H,1-6H2,(H,12,13);1H/t7-,8-;/m1./s1. The number of alkyl halides is 1. The summed E-state index contributed by atoms with van der Waals surface area (Å²) in [5.41, 5.74) is 0. The fraction of sp³-hybridized carbons (Fsp3) is 0.889. The Balaban J connectivity index is 0.00000169. The van der Waals surface area contributed by atoms with Gasteiger partial charge >= 0.3 is 5.97 Å². The van der Waals surface area contributed by atoms with E-state index in [0.29, 0.717) is 13.0 Å². The Morgan fingerprint density at radius 3 is 2.64 bits per heavy atom. The zero-order valence-corrected chi connectivity index (χ0v) is 8.86. The van der Waals surface area contributed by atoms with E-state index in [2.05, 4.69) is 5.32 Å². The Hall–Kier alpha value is -0.350. The van der Waals surface area contributed by atoms with Crippen LogP contribution in [0.5, 0.6) is 0 Å². The van der Waals surface area contributed by atoms with Crippen molar-refractivity contribution >= 4 is 18.4 Å². The minimum absolute atomic E-state index is 0. The highest BCUT2D eigenvalue weighted by atomic mass is 35.5. The monoisotopic (exact) mass is 225 g/mol. The molecule has 0 aromatic carbocycles. The molecule has 1 saturated carbocycles. The molecular weight excluding hydrogens is 209 g/mol. The third kappa shape index (κ3) is 4.77. The summed E-state index contributed by atoms with van der Waals surface area (Å²) in [6.45, 7) is 0.375. The number of hydrogen-bond donors (Lipinski definition) is 2. The molecule has 0 spiro atoms. The normalized spacial score (nSPS) is 26.6. The molecule has 2 atom stereocenters. The first-order chi connectivity index (χ1) is 6.20. The van der Waals surface area contributed by atoms with E-state index in [1.54, 1.807) is 0 Å². The number of carboxylic acid groups (broad SMARTS) is 1. The third-order valence-electron chi connectivity index (χ3n) is 2.43. The molecule has 0 aliphatic heterocycles. The molecule has 3 nitrogen and oxygen atoms in total. The van der Waals surface area contributed by atoms with Crippen molar-refractivity contribution in [2.45, 2.75) is 44.3 Å². The van der Waals surface area contributed by atoms with Gasteiger partial charge in [0.25, 0.3) is 0 Å². The first-order valence-corrected chi connectivity index (χ1v) is 4.79. The highest BCUT2D eigenvalue weighted by molar-refractivity contribution is 5.85. The Labute approximate surface area is 89.5 Å². The minimum Gasteiger partial charge on any atom is -0.481 e. The number of halogens is 2. The van der Waals surface area contributed by atoms with Gasteiger partial charge in [-0.05, 0) is 12.8 Å². The van der Waals surface area contributed by atoms with Gasteiger partial charge in [0.1, 0.15) is 6.17 Å². The molecule has 0 heterocycles.